The zero-order valence-corrected chi connectivity index (χ0v) is 61.1. The lowest BCUT2D eigenvalue weighted by molar-refractivity contribution is -0.359. The van der Waals surface area contributed by atoms with Crippen LogP contribution >= 0.6 is 0 Å². The van der Waals surface area contributed by atoms with E-state index in [1.54, 1.807) is 6.08 Å². The van der Waals surface area contributed by atoms with Crippen LogP contribution in [0.1, 0.15) is 335 Å². The molecule has 2 heterocycles. The van der Waals surface area contributed by atoms with Crippen LogP contribution < -0.4 is 5.32 Å². The standard InChI is InChI=1S/C82H147NO13/c1-3-5-7-9-11-13-15-17-19-21-23-25-27-29-31-33-34-35-36-38-40-42-44-46-48-50-52-54-56-58-60-62-64-66-74(87)83-70(69-93-81-79(92)77(90)80(73(68-85)95-81)96-82-78(91)76(89)75(88)72(67-84)94-82)71(86)65-63-61-59-57-55-53-51-49-47-45-43-41-39-37-32-30-28-26-24-22-20-18-16-14-12-10-8-6-4-2/h5,7,11,13,17,19,23,25,29,31,34-35,63,65,70-73,75-82,84-86,88-92H,3-4,6,8-10,12,14-16,18,20-22,24,26-28,30,32-33,36-62,64,66-69H2,1-2H3,(H,83,87)/b7-5-,13-11-,19-17-,25-23-,31-29-,35-34-,65-63+. The first-order valence-corrected chi connectivity index (χ1v) is 39.8. The molecule has 0 bridgehead atoms. The molecule has 0 aliphatic carbocycles. The molecule has 0 aromatic carbocycles. The van der Waals surface area contributed by atoms with Gasteiger partial charge in [-0.05, 0) is 70.6 Å². The van der Waals surface area contributed by atoms with Crippen LogP contribution in [0.3, 0.4) is 0 Å². The van der Waals surface area contributed by atoms with Gasteiger partial charge in [0.25, 0.3) is 0 Å². The summed E-state index contributed by atoms with van der Waals surface area (Å²) in [5.41, 5.74) is 0. The summed E-state index contributed by atoms with van der Waals surface area (Å²) in [6.07, 6.45) is 75.1. The number of aliphatic hydroxyl groups excluding tert-OH is 8. The summed E-state index contributed by atoms with van der Waals surface area (Å²) in [6, 6.07) is -0.921. The molecule has 2 aliphatic heterocycles. The summed E-state index contributed by atoms with van der Waals surface area (Å²) in [5.74, 6) is -0.238. The van der Waals surface area contributed by atoms with Gasteiger partial charge in [-0.3, -0.25) is 4.79 Å². The molecule has 2 aliphatic rings. The minimum Gasteiger partial charge on any atom is -0.394 e. The van der Waals surface area contributed by atoms with Gasteiger partial charge in [0, 0.05) is 6.42 Å². The number of nitrogens with one attached hydrogen (secondary N) is 1. The molecule has 14 heteroatoms. The molecule has 96 heavy (non-hydrogen) atoms. The highest BCUT2D eigenvalue weighted by atomic mass is 16.7. The topological polar surface area (TPSA) is 228 Å². The van der Waals surface area contributed by atoms with Gasteiger partial charge in [0.15, 0.2) is 12.6 Å². The van der Waals surface area contributed by atoms with Gasteiger partial charge in [-0.15, -0.1) is 0 Å². The Morgan fingerprint density at radius 1 is 0.385 bits per heavy atom. The molecular weight excluding hydrogens is 1210 g/mol. The fraction of sp³-hybridized carbons (Fsp3) is 0.817. The van der Waals surface area contributed by atoms with E-state index in [2.05, 4.69) is 92.1 Å². The van der Waals surface area contributed by atoms with E-state index in [-0.39, 0.29) is 18.9 Å². The van der Waals surface area contributed by atoms with E-state index >= 15 is 0 Å². The number of aliphatic hydroxyl groups is 8. The van der Waals surface area contributed by atoms with Crippen molar-refractivity contribution in [3.8, 4) is 0 Å². The first kappa shape index (κ1) is 89.3. The van der Waals surface area contributed by atoms with Crippen molar-refractivity contribution >= 4 is 5.91 Å². The number of hydrogen-bond acceptors (Lipinski definition) is 13. The molecule has 2 saturated heterocycles. The molecule has 558 valence electrons. The molecule has 0 radical (unpaired) electrons. The van der Waals surface area contributed by atoms with Crippen molar-refractivity contribution in [1.82, 2.24) is 5.32 Å². The second kappa shape index (κ2) is 65.5. The second-order valence-electron chi connectivity index (χ2n) is 27.8. The van der Waals surface area contributed by atoms with Gasteiger partial charge in [-0.1, -0.05) is 343 Å². The molecule has 12 atom stereocenters. The first-order chi connectivity index (χ1) is 47.1. The Balaban J connectivity index is 1.63. The van der Waals surface area contributed by atoms with Gasteiger partial charge in [0.1, 0.15) is 48.8 Å². The first-order valence-electron chi connectivity index (χ1n) is 39.8. The lowest BCUT2D eigenvalue weighted by Gasteiger charge is -2.46. The van der Waals surface area contributed by atoms with Gasteiger partial charge < -0.3 is 65.1 Å². The summed E-state index contributed by atoms with van der Waals surface area (Å²) < 4.78 is 22.9. The van der Waals surface area contributed by atoms with Gasteiger partial charge in [-0.25, -0.2) is 0 Å². The number of ether oxygens (including phenoxy) is 4. The van der Waals surface area contributed by atoms with E-state index in [4.69, 9.17) is 18.9 Å². The van der Waals surface area contributed by atoms with E-state index in [9.17, 15) is 45.6 Å². The smallest absolute Gasteiger partial charge is 0.220 e. The monoisotopic (exact) mass is 1350 g/mol. The van der Waals surface area contributed by atoms with E-state index in [1.807, 2.05) is 6.08 Å². The molecule has 12 unspecified atom stereocenters. The SMILES string of the molecule is CC/C=C\C/C=C\C/C=C\C/C=C\C/C=C\C/C=C\CCCCCCCCCCCCCCCCC(=O)NC(COC1OC(CO)C(OC2OC(CO)C(O)C(O)C2O)C(O)C1O)C(O)/C=C/CCCCCCCCCCCCCCCCCCCCCCCCCCCCC. The molecule has 2 fully saturated rings. The third-order valence-electron chi connectivity index (χ3n) is 19.1. The molecule has 0 aromatic heterocycles. The van der Waals surface area contributed by atoms with Gasteiger partial charge >= 0.3 is 0 Å². The number of amides is 1. The predicted molar refractivity (Wildman–Crippen MR) is 396 cm³/mol. The lowest BCUT2D eigenvalue weighted by Crippen LogP contribution is -2.65. The number of unbranched alkanes of at least 4 members (excludes halogenated alkanes) is 41. The Hall–Kier alpha value is -2.83. The number of carbonyl (C=O) groups excluding carboxylic acids is 1. The Bertz CT molecular complexity index is 1940. The quantitative estimate of drug-likeness (QED) is 0.0204. The Morgan fingerprint density at radius 2 is 0.719 bits per heavy atom. The molecular formula is C82H147NO13. The Kier molecular flexibility index (Phi) is 60.9. The predicted octanol–water partition coefficient (Wildman–Crippen LogP) is 17.9. The maximum atomic E-state index is 13.4. The average Bonchev–Trinajstić information content (AvgIpc) is 0.812. The zero-order chi connectivity index (χ0) is 69.4. The molecule has 0 aromatic rings. The minimum absolute atomic E-state index is 0.238. The fourth-order valence-electron chi connectivity index (χ4n) is 12.8. The molecule has 14 nitrogen and oxygen atoms in total. The van der Waals surface area contributed by atoms with E-state index in [0.29, 0.717) is 6.42 Å². The molecule has 1 amide bonds. The van der Waals surface area contributed by atoms with E-state index < -0.39 is 86.8 Å². The van der Waals surface area contributed by atoms with Crippen molar-refractivity contribution in [3.63, 3.8) is 0 Å². The van der Waals surface area contributed by atoms with Gasteiger partial charge in [0.2, 0.25) is 5.91 Å². The largest absolute Gasteiger partial charge is 0.394 e. The maximum absolute atomic E-state index is 13.4. The van der Waals surface area contributed by atoms with Gasteiger partial charge in [-0.2, -0.15) is 0 Å². The normalized spacial score (nSPS) is 22.7. The average molecular weight is 1360 g/mol. The van der Waals surface area contributed by atoms with E-state index in [1.165, 1.54) is 231 Å². The van der Waals surface area contributed by atoms with Crippen molar-refractivity contribution in [3.05, 3.63) is 85.1 Å². The van der Waals surface area contributed by atoms with Crippen LogP contribution in [0.15, 0.2) is 85.1 Å². The van der Waals surface area contributed by atoms with Crippen molar-refractivity contribution in [1.29, 1.82) is 0 Å². The number of hydrogen-bond donors (Lipinski definition) is 9. The van der Waals surface area contributed by atoms with Crippen LogP contribution in [0.4, 0.5) is 0 Å². The molecule has 2 rings (SSSR count). The highest BCUT2D eigenvalue weighted by Gasteiger charge is 2.51. The van der Waals surface area contributed by atoms with Crippen LogP contribution in [-0.2, 0) is 23.7 Å². The second-order valence-corrected chi connectivity index (χ2v) is 27.8. The van der Waals surface area contributed by atoms with Crippen LogP contribution in [0.2, 0.25) is 0 Å². The third kappa shape index (κ3) is 48.1. The number of allylic oxidation sites excluding steroid dienone is 13. The molecule has 9 N–H and O–H groups in total. The van der Waals surface area contributed by atoms with Crippen molar-refractivity contribution in [2.75, 3.05) is 19.8 Å². The summed E-state index contributed by atoms with van der Waals surface area (Å²) in [5, 5.41) is 87.7. The minimum atomic E-state index is -1.79. The summed E-state index contributed by atoms with van der Waals surface area (Å²) in [7, 11) is 0. The lowest BCUT2D eigenvalue weighted by atomic mass is 9.97. The van der Waals surface area contributed by atoms with Crippen LogP contribution in [-0.4, -0.2) is 140 Å². The van der Waals surface area contributed by atoms with Crippen LogP contribution in [0.5, 0.6) is 0 Å². The summed E-state index contributed by atoms with van der Waals surface area (Å²) in [6.45, 7) is 2.73. The molecule has 0 spiro atoms. The van der Waals surface area contributed by atoms with Crippen molar-refractivity contribution < 1.29 is 64.6 Å². The van der Waals surface area contributed by atoms with Crippen LogP contribution in [0.25, 0.3) is 0 Å². The van der Waals surface area contributed by atoms with Crippen LogP contribution in [0, 0.1) is 0 Å². The molecule has 0 saturated carbocycles. The number of carbonyl (C=O) groups is 1. The zero-order valence-electron chi connectivity index (χ0n) is 61.1. The fourth-order valence-corrected chi connectivity index (χ4v) is 12.8. The summed E-state index contributed by atoms with van der Waals surface area (Å²) >= 11 is 0. The Labute approximate surface area is 586 Å². The van der Waals surface area contributed by atoms with Crippen molar-refractivity contribution in [2.24, 2.45) is 0 Å². The number of rotatable bonds is 66. The van der Waals surface area contributed by atoms with Gasteiger partial charge in [0.05, 0.1) is 32.0 Å². The highest BCUT2D eigenvalue weighted by Crippen LogP contribution is 2.30. The summed E-state index contributed by atoms with van der Waals surface area (Å²) in [4.78, 5) is 13.4. The van der Waals surface area contributed by atoms with Crippen molar-refractivity contribution in [2.45, 2.75) is 408 Å². The maximum Gasteiger partial charge on any atom is 0.220 e. The Morgan fingerprint density at radius 3 is 1.10 bits per heavy atom. The third-order valence-corrected chi connectivity index (χ3v) is 19.1. The van der Waals surface area contributed by atoms with E-state index in [0.717, 1.165) is 77.0 Å². The highest BCUT2D eigenvalue weighted by molar-refractivity contribution is 5.76.